The van der Waals surface area contributed by atoms with E-state index < -0.39 is 11.2 Å². The summed E-state index contributed by atoms with van der Waals surface area (Å²) in [6.45, 7) is 8.84. The van der Waals surface area contributed by atoms with E-state index in [2.05, 4.69) is 14.9 Å². The third kappa shape index (κ3) is 3.06. The van der Waals surface area contributed by atoms with E-state index in [-0.39, 0.29) is 5.28 Å². The molecule has 1 N–H and O–H groups in total. The van der Waals surface area contributed by atoms with Gasteiger partial charge >= 0.3 is 0 Å². The zero-order valence-corrected chi connectivity index (χ0v) is 14.0. The predicted molar refractivity (Wildman–Crippen MR) is 83.1 cm³/mol. The SMILES string of the molecule is CC(C)(O)CC1(C)OCc2c(N3CCOCC3)nc(Cl)nc21. The molecule has 0 bridgehead atoms. The van der Waals surface area contributed by atoms with Crippen LogP contribution in [0.25, 0.3) is 0 Å². The van der Waals surface area contributed by atoms with Crippen molar-refractivity contribution in [3.8, 4) is 0 Å². The summed E-state index contributed by atoms with van der Waals surface area (Å²) in [6.07, 6.45) is 0.447. The Labute approximate surface area is 135 Å². The summed E-state index contributed by atoms with van der Waals surface area (Å²) in [7, 11) is 0. The van der Waals surface area contributed by atoms with Gasteiger partial charge in [0.1, 0.15) is 11.4 Å². The summed E-state index contributed by atoms with van der Waals surface area (Å²) < 4.78 is 11.4. The lowest BCUT2D eigenvalue weighted by molar-refractivity contribution is -0.0812. The molecule has 0 radical (unpaired) electrons. The van der Waals surface area contributed by atoms with E-state index in [1.165, 1.54) is 0 Å². The van der Waals surface area contributed by atoms with Crippen LogP contribution >= 0.6 is 11.6 Å². The van der Waals surface area contributed by atoms with Gasteiger partial charge in [0, 0.05) is 25.1 Å². The lowest BCUT2D eigenvalue weighted by Crippen LogP contribution is -2.38. The third-order valence-electron chi connectivity index (χ3n) is 4.07. The zero-order chi connectivity index (χ0) is 16.0. The molecule has 1 atom stereocenters. The van der Waals surface area contributed by atoms with E-state index in [4.69, 9.17) is 21.1 Å². The fraction of sp³-hybridized carbons (Fsp3) is 0.733. The van der Waals surface area contributed by atoms with Gasteiger partial charge < -0.3 is 19.5 Å². The van der Waals surface area contributed by atoms with E-state index in [1.807, 2.05) is 6.92 Å². The number of nitrogens with zero attached hydrogens (tertiary/aromatic N) is 3. The maximum absolute atomic E-state index is 10.2. The number of aromatic nitrogens is 2. The molecule has 0 spiro atoms. The minimum Gasteiger partial charge on any atom is -0.390 e. The quantitative estimate of drug-likeness (QED) is 0.855. The second-order valence-corrected chi connectivity index (χ2v) is 7.09. The van der Waals surface area contributed by atoms with Gasteiger partial charge in [-0.2, -0.15) is 0 Å². The smallest absolute Gasteiger partial charge is 0.224 e. The Hall–Kier alpha value is -0.950. The molecule has 0 saturated carbocycles. The lowest BCUT2D eigenvalue weighted by Gasteiger charge is -2.31. The Morgan fingerprint density at radius 3 is 2.64 bits per heavy atom. The molecule has 2 aliphatic rings. The Morgan fingerprint density at radius 1 is 1.32 bits per heavy atom. The number of halogens is 1. The van der Waals surface area contributed by atoms with Crippen LogP contribution in [-0.4, -0.2) is 47.0 Å². The van der Waals surface area contributed by atoms with Crippen LogP contribution in [0.2, 0.25) is 5.28 Å². The number of anilines is 1. The summed E-state index contributed by atoms with van der Waals surface area (Å²) in [5, 5.41) is 10.4. The molecule has 22 heavy (non-hydrogen) atoms. The van der Waals surface area contributed by atoms with Crippen LogP contribution in [-0.2, 0) is 21.7 Å². The van der Waals surface area contributed by atoms with Crippen molar-refractivity contribution < 1.29 is 14.6 Å². The average molecular weight is 328 g/mol. The maximum Gasteiger partial charge on any atom is 0.224 e. The molecule has 7 heteroatoms. The molecule has 3 heterocycles. The van der Waals surface area contributed by atoms with Gasteiger partial charge in [0.15, 0.2) is 0 Å². The highest BCUT2D eigenvalue weighted by Gasteiger charge is 2.43. The third-order valence-corrected chi connectivity index (χ3v) is 4.24. The van der Waals surface area contributed by atoms with Crippen LogP contribution in [0.5, 0.6) is 0 Å². The summed E-state index contributed by atoms with van der Waals surface area (Å²) in [5.74, 6) is 0.831. The largest absolute Gasteiger partial charge is 0.390 e. The fourth-order valence-corrected chi connectivity index (χ4v) is 3.48. The second-order valence-electron chi connectivity index (χ2n) is 6.75. The normalized spacial score (nSPS) is 25.4. The molecule has 0 aromatic carbocycles. The predicted octanol–water partition coefficient (Wildman–Crippen LogP) is 1.87. The molecule has 2 aliphatic heterocycles. The van der Waals surface area contributed by atoms with Gasteiger partial charge in [0.05, 0.1) is 31.1 Å². The van der Waals surface area contributed by atoms with Crippen LogP contribution in [0.1, 0.15) is 38.4 Å². The standard InChI is InChI=1S/C15H22ClN3O3/c1-14(2,20)9-15(3)11-10(8-22-15)12(18-13(16)17-11)19-4-6-21-7-5-19/h20H,4-9H2,1-3H3. The topological polar surface area (TPSA) is 67.7 Å². The van der Waals surface area contributed by atoms with Gasteiger partial charge in [0.2, 0.25) is 5.28 Å². The van der Waals surface area contributed by atoms with Crippen LogP contribution in [0, 0.1) is 0 Å². The lowest BCUT2D eigenvalue weighted by atomic mass is 9.88. The number of hydrogen-bond acceptors (Lipinski definition) is 6. The summed E-state index contributed by atoms with van der Waals surface area (Å²) in [5.41, 5.74) is 0.253. The van der Waals surface area contributed by atoms with E-state index in [9.17, 15) is 5.11 Å². The molecule has 3 rings (SSSR count). The molecule has 1 saturated heterocycles. The number of hydrogen-bond donors (Lipinski definition) is 1. The van der Waals surface area contributed by atoms with Crippen LogP contribution in [0.4, 0.5) is 5.82 Å². The maximum atomic E-state index is 10.2. The number of fused-ring (bicyclic) bond motifs is 1. The minimum absolute atomic E-state index is 0.215. The highest BCUT2D eigenvalue weighted by molar-refractivity contribution is 6.28. The van der Waals surface area contributed by atoms with Crippen molar-refractivity contribution in [3.05, 3.63) is 16.5 Å². The molecule has 0 aliphatic carbocycles. The van der Waals surface area contributed by atoms with Crippen molar-refractivity contribution in [2.24, 2.45) is 0 Å². The molecule has 1 aromatic rings. The summed E-state index contributed by atoms with van der Waals surface area (Å²) >= 11 is 6.15. The molecule has 0 amide bonds. The highest BCUT2D eigenvalue weighted by Crippen LogP contribution is 2.43. The average Bonchev–Trinajstić information content (AvgIpc) is 2.74. The first kappa shape index (κ1) is 15.9. The van der Waals surface area contributed by atoms with Gasteiger partial charge in [-0.05, 0) is 32.4 Å². The van der Waals surface area contributed by atoms with Crippen molar-refractivity contribution in [1.82, 2.24) is 9.97 Å². The van der Waals surface area contributed by atoms with Gasteiger partial charge in [-0.1, -0.05) is 0 Å². The molecule has 122 valence electrons. The Balaban J connectivity index is 2.00. The van der Waals surface area contributed by atoms with Gasteiger partial charge in [-0.25, -0.2) is 9.97 Å². The van der Waals surface area contributed by atoms with E-state index in [1.54, 1.807) is 13.8 Å². The zero-order valence-electron chi connectivity index (χ0n) is 13.2. The molecule has 1 aromatic heterocycles. The van der Waals surface area contributed by atoms with Crippen LogP contribution in [0.3, 0.4) is 0 Å². The minimum atomic E-state index is -0.854. The molecule has 6 nitrogen and oxygen atoms in total. The number of morpholine rings is 1. The van der Waals surface area contributed by atoms with E-state index >= 15 is 0 Å². The van der Waals surface area contributed by atoms with Crippen LogP contribution < -0.4 is 4.90 Å². The van der Waals surface area contributed by atoms with Crippen molar-refractivity contribution in [2.45, 2.75) is 45.0 Å². The second kappa shape index (κ2) is 5.60. The van der Waals surface area contributed by atoms with Gasteiger partial charge in [-0.3, -0.25) is 0 Å². The molecule has 1 fully saturated rings. The number of rotatable bonds is 3. The Bertz CT molecular complexity index is 570. The van der Waals surface area contributed by atoms with Crippen LogP contribution in [0.15, 0.2) is 0 Å². The van der Waals surface area contributed by atoms with Crippen molar-refractivity contribution >= 4 is 17.4 Å². The Morgan fingerprint density at radius 2 is 2.00 bits per heavy atom. The van der Waals surface area contributed by atoms with Crippen molar-refractivity contribution in [2.75, 3.05) is 31.2 Å². The first-order valence-electron chi connectivity index (χ1n) is 7.54. The first-order chi connectivity index (χ1) is 10.3. The van der Waals surface area contributed by atoms with Crippen molar-refractivity contribution in [1.29, 1.82) is 0 Å². The summed E-state index contributed by atoms with van der Waals surface area (Å²) in [6, 6.07) is 0. The highest BCUT2D eigenvalue weighted by atomic mass is 35.5. The molecular formula is C15H22ClN3O3. The Kier molecular flexibility index (Phi) is 4.05. The van der Waals surface area contributed by atoms with E-state index in [0.717, 1.165) is 30.2 Å². The van der Waals surface area contributed by atoms with Crippen molar-refractivity contribution in [3.63, 3.8) is 0 Å². The summed E-state index contributed by atoms with van der Waals surface area (Å²) in [4.78, 5) is 11.0. The molecule has 1 unspecified atom stereocenters. The number of ether oxygens (including phenoxy) is 2. The van der Waals surface area contributed by atoms with E-state index in [0.29, 0.717) is 26.2 Å². The number of aliphatic hydroxyl groups is 1. The van der Waals surface area contributed by atoms with Gasteiger partial charge in [-0.15, -0.1) is 0 Å². The fourth-order valence-electron chi connectivity index (χ4n) is 3.31. The van der Waals surface area contributed by atoms with Gasteiger partial charge in [0.25, 0.3) is 0 Å². The first-order valence-corrected chi connectivity index (χ1v) is 7.92. The molecular weight excluding hydrogens is 306 g/mol. The monoisotopic (exact) mass is 327 g/mol.